The minimum absolute atomic E-state index is 0.00956. The number of ether oxygens (including phenoxy) is 1. The summed E-state index contributed by atoms with van der Waals surface area (Å²) in [6, 6.07) is 0. The highest BCUT2D eigenvalue weighted by atomic mass is 16.5. The van der Waals surface area contributed by atoms with Crippen LogP contribution in [0.25, 0.3) is 0 Å². The van der Waals surface area contributed by atoms with Gasteiger partial charge < -0.3 is 9.84 Å². The van der Waals surface area contributed by atoms with Crippen LogP contribution in [0.3, 0.4) is 0 Å². The summed E-state index contributed by atoms with van der Waals surface area (Å²) in [7, 11) is 0. The minimum Gasteiger partial charge on any atom is -0.481 e. The minimum atomic E-state index is -0.892. The predicted molar refractivity (Wildman–Crippen MR) is 144 cm³/mol. The zero-order valence-electron chi connectivity index (χ0n) is 22.7. The highest BCUT2D eigenvalue weighted by Crippen LogP contribution is 2.16. The molecule has 0 saturated heterocycles. The second kappa shape index (κ2) is 26.3. The third kappa shape index (κ3) is 23.8. The van der Waals surface area contributed by atoms with E-state index in [1.165, 1.54) is 96.3 Å². The lowest BCUT2D eigenvalue weighted by molar-refractivity contribution is -0.151. The van der Waals surface area contributed by atoms with Gasteiger partial charge in [-0.05, 0) is 38.5 Å². The summed E-state index contributed by atoms with van der Waals surface area (Å²) < 4.78 is 5.01. The molecule has 0 heterocycles. The van der Waals surface area contributed by atoms with Crippen molar-refractivity contribution in [2.45, 2.75) is 155 Å². The number of carboxylic acid groups (broad SMARTS) is 1. The Morgan fingerprint density at radius 3 is 1.53 bits per heavy atom. The Morgan fingerprint density at radius 2 is 1.09 bits per heavy atom. The lowest BCUT2D eigenvalue weighted by atomic mass is 9.98. The standard InChI is InChI=1S/C30H56O4/c1-3-5-6-7-8-9-10-11-12-13-14-15-16-17-18-19-20-21-22-23-24-25-28(30(32)33)27-29(31)34-26-4-2/h20-21,28H,3-19,22-27H2,1-2H3,(H,32,33)/b21-20+. The van der Waals surface area contributed by atoms with E-state index in [4.69, 9.17) is 4.74 Å². The van der Waals surface area contributed by atoms with Crippen molar-refractivity contribution < 1.29 is 19.4 Å². The second-order valence-corrected chi connectivity index (χ2v) is 9.95. The number of carboxylic acids is 1. The number of hydrogen-bond acceptors (Lipinski definition) is 3. The molecule has 34 heavy (non-hydrogen) atoms. The molecular formula is C30H56O4. The van der Waals surface area contributed by atoms with Crippen molar-refractivity contribution in [2.75, 3.05) is 6.61 Å². The fraction of sp³-hybridized carbons (Fsp3) is 0.867. The number of rotatable bonds is 26. The number of unbranched alkanes of at least 4 members (excludes halogenated alkanes) is 17. The van der Waals surface area contributed by atoms with E-state index in [2.05, 4.69) is 19.1 Å². The second-order valence-electron chi connectivity index (χ2n) is 9.95. The smallest absolute Gasteiger partial charge is 0.307 e. The van der Waals surface area contributed by atoms with Crippen molar-refractivity contribution in [2.24, 2.45) is 5.92 Å². The molecule has 1 N–H and O–H groups in total. The lowest BCUT2D eigenvalue weighted by Crippen LogP contribution is -2.19. The third-order valence-corrected chi connectivity index (χ3v) is 6.54. The number of aliphatic carboxylic acids is 1. The van der Waals surface area contributed by atoms with Gasteiger partial charge in [0.25, 0.3) is 0 Å². The van der Waals surface area contributed by atoms with Gasteiger partial charge >= 0.3 is 11.9 Å². The van der Waals surface area contributed by atoms with E-state index in [-0.39, 0.29) is 6.42 Å². The maximum absolute atomic E-state index is 11.6. The van der Waals surface area contributed by atoms with Crippen molar-refractivity contribution >= 4 is 11.9 Å². The quantitative estimate of drug-likeness (QED) is 0.0760. The average Bonchev–Trinajstić information content (AvgIpc) is 2.82. The molecule has 0 aliphatic rings. The molecule has 0 saturated carbocycles. The third-order valence-electron chi connectivity index (χ3n) is 6.54. The monoisotopic (exact) mass is 480 g/mol. The molecule has 4 heteroatoms. The van der Waals surface area contributed by atoms with Gasteiger partial charge in [0.15, 0.2) is 0 Å². The van der Waals surface area contributed by atoms with Gasteiger partial charge in [-0.3, -0.25) is 9.59 Å². The normalized spacial score (nSPS) is 12.3. The van der Waals surface area contributed by atoms with Gasteiger partial charge in [-0.2, -0.15) is 0 Å². The fourth-order valence-electron chi connectivity index (χ4n) is 4.31. The highest BCUT2D eigenvalue weighted by Gasteiger charge is 2.21. The van der Waals surface area contributed by atoms with Gasteiger partial charge in [-0.15, -0.1) is 0 Å². The Morgan fingerprint density at radius 1 is 0.647 bits per heavy atom. The summed E-state index contributed by atoms with van der Waals surface area (Å²) in [6.07, 6.45) is 30.7. The maximum atomic E-state index is 11.6. The van der Waals surface area contributed by atoms with Gasteiger partial charge in [0.1, 0.15) is 0 Å². The summed E-state index contributed by atoms with van der Waals surface area (Å²) in [6.45, 7) is 4.58. The molecule has 0 aromatic heterocycles. The molecule has 0 aromatic rings. The first-order chi connectivity index (χ1) is 16.6. The first-order valence-corrected chi connectivity index (χ1v) is 14.6. The first-order valence-electron chi connectivity index (χ1n) is 14.6. The number of hydrogen-bond donors (Lipinski definition) is 1. The van der Waals surface area contributed by atoms with Crippen LogP contribution in [0.4, 0.5) is 0 Å². The van der Waals surface area contributed by atoms with Crippen LogP contribution >= 0.6 is 0 Å². The summed E-state index contributed by atoms with van der Waals surface area (Å²) >= 11 is 0. The van der Waals surface area contributed by atoms with Crippen LogP contribution in [0.1, 0.15) is 155 Å². The number of carbonyl (C=O) groups is 2. The van der Waals surface area contributed by atoms with E-state index in [1.807, 2.05) is 6.92 Å². The SMILES string of the molecule is CCCCCCCCCCCCCCCCC/C=C/CCCCC(CC(=O)OCCC)C(=O)O. The number of allylic oxidation sites excluding steroid dienone is 2. The van der Waals surface area contributed by atoms with Crippen molar-refractivity contribution in [3.63, 3.8) is 0 Å². The Kier molecular flexibility index (Phi) is 25.3. The van der Waals surface area contributed by atoms with Crippen LogP contribution in [0.2, 0.25) is 0 Å². The molecule has 4 nitrogen and oxygen atoms in total. The van der Waals surface area contributed by atoms with Crippen LogP contribution in [-0.4, -0.2) is 23.7 Å². The van der Waals surface area contributed by atoms with E-state index in [0.29, 0.717) is 13.0 Å². The van der Waals surface area contributed by atoms with Crippen molar-refractivity contribution in [1.29, 1.82) is 0 Å². The van der Waals surface area contributed by atoms with Crippen molar-refractivity contribution in [3.8, 4) is 0 Å². The van der Waals surface area contributed by atoms with Gasteiger partial charge in [-0.25, -0.2) is 0 Å². The Bertz CT molecular complexity index is 486. The summed E-state index contributed by atoms with van der Waals surface area (Å²) in [5.41, 5.74) is 0. The number of carbonyl (C=O) groups excluding carboxylic acids is 1. The van der Waals surface area contributed by atoms with Crippen LogP contribution in [0, 0.1) is 5.92 Å². The number of esters is 1. The van der Waals surface area contributed by atoms with Gasteiger partial charge in [-0.1, -0.05) is 122 Å². The molecule has 0 spiro atoms. The fourth-order valence-corrected chi connectivity index (χ4v) is 4.31. The van der Waals surface area contributed by atoms with E-state index in [9.17, 15) is 14.7 Å². The van der Waals surface area contributed by atoms with E-state index in [0.717, 1.165) is 32.1 Å². The largest absolute Gasteiger partial charge is 0.481 e. The zero-order valence-corrected chi connectivity index (χ0v) is 22.7. The van der Waals surface area contributed by atoms with Crippen LogP contribution in [0.5, 0.6) is 0 Å². The molecule has 1 unspecified atom stereocenters. The summed E-state index contributed by atoms with van der Waals surface area (Å²) in [5.74, 6) is -1.90. The van der Waals surface area contributed by atoms with Crippen molar-refractivity contribution in [3.05, 3.63) is 12.2 Å². The van der Waals surface area contributed by atoms with Crippen molar-refractivity contribution in [1.82, 2.24) is 0 Å². The average molecular weight is 481 g/mol. The maximum Gasteiger partial charge on any atom is 0.307 e. The molecule has 1 atom stereocenters. The molecule has 0 aliphatic heterocycles. The molecule has 0 rings (SSSR count). The molecule has 0 fully saturated rings. The van der Waals surface area contributed by atoms with Crippen LogP contribution < -0.4 is 0 Å². The Balaban J connectivity index is 3.42. The van der Waals surface area contributed by atoms with Crippen LogP contribution in [-0.2, 0) is 14.3 Å². The zero-order chi connectivity index (χ0) is 25.1. The Hall–Kier alpha value is -1.32. The van der Waals surface area contributed by atoms with Crippen LogP contribution in [0.15, 0.2) is 12.2 Å². The van der Waals surface area contributed by atoms with Gasteiger partial charge in [0.2, 0.25) is 0 Å². The molecular weight excluding hydrogens is 424 g/mol. The first kappa shape index (κ1) is 32.7. The molecule has 0 amide bonds. The van der Waals surface area contributed by atoms with E-state index < -0.39 is 17.9 Å². The van der Waals surface area contributed by atoms with Gasteiger partial charge in [0, 0.05) is 0 Å². The molecule has 0 radical (unpaired) electrons. The van der Waals surface area contributed by atoms with Gasteiger partial charge in [0.05, 0.1) is 18.9 Å². The molecule has 0 aliphatic carbocycles. The molecule has 0 bridgehead atoms. The predicted octanol–water partition coefficient (Wildman–Crippen LogP) is 9.41. The Labute approximate surface area is 211 Å². The van der Waals surface area contributed by atoms with E-state index in [1.54, 1.807) is 0 Å². The summed E-state index contributed by atoms with van der Waals surface area (Å²) in [4.78, 5) is 23.0. The topological polar surface area (TPSA) is 63.6 Å². The summed E-state index contributed by atoms with van der Waals surface area (Å²) in [5, 5.41) is 9.29. The highest BCUT2D eigenvalue weighted by molar-refractivity contribution is 5.78. The van der Waals surface area contributed by atoms with E-state index >= 15 is 0 Å². The lowest BCUT2D eigenvalue weighted by Gasteiger charge is -2.11. The molecule has 0 aromatic carbocycles. The molecule has 200 valence electrons.